The molecule has 1 N–H and O–H groups in total. The number of aryl methyl sites for hydroxylation is 2. The highest BCUT2D eigenvalue weighted by atomic mass is 16.4. The van der Waals surface area contributed by atoms with Crippen LogP contribution in [-0.2, 0) is 4.79 Å². The summed E-state index contributed by atoms with van der Waals surface area (Å²) in [5, 5.41) is 9.27. The van der Waals surface area contributed by atoms with Crippen molar-refractivity contribution in [3.8, 4) is 0 Å². The van der Waals surface area contributed by atoms with Crippen LogP contribution in [0, 0.1) is 13.8 Å². The summed E-state index contributed by atoms with van der Waals surface area (Å²) in [6.45, 7) is 9.50. The van der Waals surface area contributed by atoms with E-state index >= 15 is 0 Å². The van der Waals surface area contributed by atoms with Crippen molar-refractivity contribution in [2.45, 2.75) is 40.2 Å². The van der Waals surface area contributed by atoms with Crippen molar-refractivity contribution >= 4 is 11.8 Å². The first kappa shape index (κ1) is 13.4. The molecule has 0 unspecified atom stereocenters. The largest absolute Gasteiger partial charge is 0.480 e. The second-order valence-electron chi connectivity index (χ2n) is 4.53. The van der Waals surface area contributed by atoms with Gasteiger partial charge >= 0.3 is 5.97 Å². The summed E-state index contributed by atoms with van der Waals surface area (Å²) in [6.07, 6.45) is 1.68. The lowest BCUT2D eigenvalue weighted by Gasteiger charge is -2.35. The minimum absolute atomic E-state index is 0.568. The normalized spacial score (nSPS) is 11.4. The molecule has 0 aliphatic heterocycles. The molecule has 0 spiro atoms. The molecule has 0 saturated carbocycles. The molecular weight excluding hydrogens is 218 g/mol. The summed E-state index contributed by atoms with van der Waals surface area (Å²) < 4.78 is 0. The fourth-order valence-corrected chi connectivity index (χ4v) is 1.71. The predicted molar refractivity (Wildman–Crippen MR) is 66.2 cm³/mol. The molecule has 1 aromatic heterocycles. The number of hydrogen-bond donors (Lipinski definition) is 1. The molecule has 1 rings (SSSR count). The van der Waals surface area contributed by atoms with Crippen molar-refractivity contribution < 1.29 is 9.90 Å². The summed E-state index contributed by atoms with van der Waals surface area (Å²) in [5.74, 6) is -0.234. The van der Waals surface area contributed by atoms with Gasteiger partial charge in [-0.3, -0.25) is 4.98 Å². The van der Waals surface area contributed by atoms with Crippen molar-refractivity contribution in [1.82, 2.24) is 9.97 Å². The molecule has 0 radical (unpaired) electrons. The highest BCUT2D eigenvalue weighted by Gasteiger charge is 2.35. The number of carbonyl (C=O) groups is 1. The quantitative estimate of drug-likeness (QED) is 0.864. The third-order valence-electron chi connectivity index (χ3n) is 2.82. The van der Waals surface area contributed by atoms with E-state index in [1.54, 1.807) is 24.9 Å². The van der Waals surface area contributed by atoms with Crippen LogP contribution in [-0.4, -0.2) is 33.1 Å². The molecule has 0 saturated heterocycles. The highest BCUT2D eigenvalue weighted by Crippen LogP contribution is 2.24. The Balaban J connectivity index is 3.27. The minimum atomic E-state index is -0.998. The lowest BCUT2D eigenvalue weighted by molar-refractivity contribution is -0.142. The van der Waals surface area contributed by atoms with Crippen LogP contribution in [0.3, 0.4) is 0 Å². The molecule has 0 amide bonds. The number of likely N-dealkylation sites (N-methyl/N-ethyl adjacent to an activating group) is 1. The summed E-state index contributed by atoms with van der Waals surface area (Å²) >= 11 is 0. The molecule has 1 heterocycles. The maximum Gasteiger partial charge on any atom is 0.329 e. The zero-order chi connectivity index (χ0) is 13.2. The van der Waals surface area contributed by atoms with Gasteiger partial charge in [-0.15, -0.1) is 0 Å². The van der Waals surface area contributed by atoms with E-state index in [9.17, 15) is 9.90 Å². The Morgan fingerprint density at radius 2 is 2.06 bits per heavy atom. The summed E-state index contributed by atoms with van der Waals surface area (Å²) in [6, 6.07) is 0. The number of aliphatic carboxylic acids is 1. The van der Waals surface area contributed by atoms with Gasteiger partial charge in [-0.05, 0) is 34.6 Å². The fourth-order valence-electron chi connectivity index (χ4n) is 1.71. The van der Waals surface area contributed by atoms with E-state index < -0.39 is 11.5 Å². The Labute approximate surface area is 102 Å². The average molecular weight is 237 g/mol. The minimum Gasteiger partial charge on any atom is -0.480 e. The summed E-state index contributed by atoms with van der Waals surface area (Å²) in [5.41, 5.74) is 0.527. The Bertz CT molecular complexity index is 430. The summed E-state index contributed by atoms with van der Waals surface area (Å²) in [4.78, 5) is 21.7. The molecule has 0 bridgehead atoms. The first-order valence-corrected chi connectivity index (χ1v) is 5.62. The number of nitrogens with zero attached hydrogens (tertiary/aromatic N) is 3. The lowest BCUT2D eigenvalue weighted by atomic mass is 10.0. The molecule has 0 aliphatic rings. The molecule has 1 aromatic rings. The van der Waals surface area contributed by atoms with Crippen molar-refractivity contribution in [1.29, 1.82) is 0 Å². The highest BCUT2D eigenvalue weighted by molar-refractivity contribution is 5.82. The zero-order valence-electron chi connectivity index (χ0n) is 11.0. The third-order valence-corrected chi connectivity index (χ3v) is 2.82. The number of carboxylic acids is 1. The monoisotopic (exact) mass is 237 g/mol. The van der Waals surface area contributed by atoms with Crippen molar-refractivity contribution in [2.24, 2.45) is 0 Å². The van der Waals surface area contributed by atoms with Gasteiger partial charge in [0.05, 0.1) is 11.4 Å². The number of rotatable bonds is 4. The lowest BCUT2D eigenvalue weighted by Crippen LogP contribution is -2.51. The van der Waals surface area contributed by atoms with Crippen LogP contribution in [0.2, 0.25) is 0 Å². The SMILES string of the molecule is CCN(c1nc(C)cnc1C)C(C)(C)C(=O)O. The number of carboxylic acid groups (broad SMARTS) is 1. The van der Waals surface area contributed by atoms with Crippen LogP contribution in [0.25, 0.3) is 0 Å². The van der Waals surface area contributed by atoms with Gasteiger partial charge in [-0.2, -0.15) is 0 Å². The van der Waals surface area contributed by atoms with Gasteiger partial charge in [-0.25, -0.2) is 9.78 Å². The van der Waals surface area contributed by atoms with Gasteiger partial charge in [0.1, 0.15) is 5.54 Å². The van der Waals surface area contributed by atoms with Crippen LogP contribution < -0.4 is 4.90 Å². The molecule has 0 aromatic carbocycles. The fraction of sp³-hybridized carbons (Fsp3) is 0.583. The zero-order valence-corrected chi connectivity index (χ0v) is 11.0. The van der Waals surface area contributed by atoms with Gasteiger partial charge in [0.2, 0.25) is 0 Å². The third kappa shape index (κ3) is 2.54. The predicted octanol–water partition coefficient (Wildman–Crippen LogP) is 1.78. The second kappa shape index (κ2) is 4.69. The van der Waals surface area contributed by atoms with E-state index in [0.717, 1.165) is 11.4 Å². The van der Waals surface area contributed by atoms with Crippen LogP contribution in [0.5, 0.6) is 0 Å². The maximum absolute atomic E-state index is 11.3. The Morgan fingerprint density at radius 1 is 1.47 bits per heavy atom. The number of anilines is 1. The van der Waals surface area contributed by atoms with Crippen molar-refractivity contribution in [3.63, 3.8) is 0 Å². The number of hydrogen-bond acceptors (Lipinski definition) is 4. The smallest absolute Gasteiger partial charge is 0.329 e. The van der Waals surface area contributed by atoms with Crippen molar-refractivity contribution in [2.75, 3.05) is 11.4 Å². The first-order chi connectivity index (χ1) is 7.80. The van der Waals surface area contributed by atoms with Gasteiger partial charge in [0.25, 0.3) is 0 Å². The molecule has 5 heteroatoms. The van der Waals surface area contributed by atoms with E-state index in [4.69, 9.17) is 0 Å². The van der Waals surface area contributed by atoms with E-state index in [1.165, 1.54) is 0 Å². The van der Waals surface area contributed by atoms with E-state index in [2.05, 4.69) is 9.97 Å². The molecule has 17 heavy (non-hydrogen) atoms. The van der Waals surface area contributed by atoms with Crippen LogP contribution in [0.1, 0.15) is 32.2 Å². The summed E-state index contributed by atoms with van der Waals surface area (Å²) in [7, 11) is 0. The second-order valence-corrected chi connectivity index (χ2v) is 4.53. The molecule has 94 valence electrons. The van der Waals surface area contributed by atoms with Gasteiger partial charge in [0.15, 0.2) is 5.82 Å². The van der Waals surface area contributed by atoms with Gasteiger partial charge in [-0.1, -0.05) is 0 Å². The van der Waals surface area contributed by atoms with Gasteiger partial charge in [0, 0.05) is 12.7 Å². The topological polar surface area (TPSA) is 66.3 Å². The van der Waals surface area contributed by atoms with E-state index in [1.807, 2.05) is 20.8 Å². The molecule has 0 atom stereocenters. The first-order valence-electron chi connectivity index (χ1n) is 5.62. The van der Waals surface area contributed by atoms with E-state index in [-0.39, 0.29) is 0 Å². The standard InChI is InChI=1S/C12H19N3O2/c1-6-15(12(4,5)11(16)17)10-9(3)13-7-8(2)14-10/h7H,6H2,1-5H3,(H,16,17). The Kier molecular flexibility index (Phi) is 3.70. The number of aromatic nitrogens is 2. The Morgan fingerprint density at radius 3 is 2.53 bits per heavy atom. The van der Waals surface area contributed by atoms with Crippen LogP contribution in [0.15, 0.2) is 6.20 Å². The molecule has 0 aliphatic carbocycles. The molecular formula is C12H19N3O2. The van der Waals surface area contributed by atoms with Crippen LogP contribution >= 0.6 is 0 Å². The van der Waals surface area contributed by atoms with Crippen LogP contribution in [0.4, 0.5) is 5.82 Å². The van der Waals surface area contributed by atoms with E-state index in [0.29, 0.717) is 12.4 Å². The van der Waals surface area contributed by atoms with Crippen molar-refractivity contribution in [3.05, 3.63) is 17.6 Å². The Hall–Kier alpha value is -1.65. The maximum atomic E-state index is 11.3. The molecule has 5 nitrogen and oxygen atoms in total. The average Bonchev–Trinajstić information content (AvgIpc) is 2.23. The molecule has 0 fully saturated rings. The van der Waals surface area contributed by atoms with Gasteiger partial charge < -0.3 is 10.0 Å².